The molecule has 0 aliphatic heterocycles. The number of carbonyl (C=O) groups excluding carboxylic acids is 1. The summed E-state index contributed by atoms with van der Waals surface area (Å²) < 4.78 is 0. The van der Waals surface area contributed by atoms with E-state index in [1.807, 2.05) is 0 Å². The van der Waals surface area contributed by atoms with Crippen molar-refractivity contribution < 1.29 is 4.79 Å². The van der Waals surface area contributed by atoms with Gasteiger partial charge in [0.15, 0.2) is 0 Å². The predicted molar refractivity (Wildman–Crippen MR) is 52.3 cm³/mol. The van der Waals surface area contributed by atoms with Crippen LogP contribution in [-0.2, 0) is 4.79 Å². The van der Waals surface area contributed by atoms with Crippen molar-refractivity contribution in [2.75, 3.05) is 0 Å². The van der Waals surface area contributed by atoms with E-state index >= 15 is 0 Å². The van der Waals surface area contributed by atoms with Crippen molar-refractivity contribution >= 4 is 5.91 Å². The van der Waals surface area contributed by atoms with E-state index in [2.05, 4.69) is 12.2 Å². The molecule has 0 aromatic rings. The molecule has 74 valence electrons. The van der Waals surface area contributed by atoms with Crippen LogP contribution < -0.4 is 5.32 Å². The fraction of sp³-hybridized carbons (Fsp3) is 0.909. The molecule has 2 aliphatic rings. The Bertz CT molecular complexity index is 226. The molecular weight excluding hydrogens is 162 g/mol. The van der Waals surface area contributed by atoms with Gasteiger partial charge in [-0.25, -0.2) is 0 Å². The predicted octanol–water partition coefficient (Wildman–Crippen LogP) is 2.09. The van der Waals surface area contributed by atoms with Crippen molar-refractivity contribution in [3.05, 3.63) is 0 Å². The van der Waals surface area contributed by atoms with Gasteiger partial charge in [-0.05, 0) is 30.6 Å². The normalized spacial score (nSPS) is 43.2. The van der Waals surface area contributed by atoms with Gasteiger partial charge in [0.05, 0.1) is 0 Å². The van der Waals surface area contributed by atoms with Crippen molar-refractivity contribution in [3.63, 3.8) is 0 Å². The van der Waals surface area contributed by atoms with Crippen molar-refractivity contribution in [2.24, 2.45) is 11.3 Å². The van der Waals surface area contributed by atoms with E-state index in [9.17, 15) is 4.79 Å². The third-order valence-electron chi connectivity index (χ3n) is 3.96. The van der Waals surface area contributed by atoms with Gasteiger partial charge in [0.25, 0.3) is 0 Å². The van der Waals surface area contributed by atoms with Crippen LogP contribution in [0.25, 0.3) is 0 Å². The molecule has 0 bridgehead atoms. The standard InChI is InChI=1S/C11H19NO/c1-8-7-11(8)6-4-3-5-10(11)12-9(2)13/h8,10H,3-7H2,1-2H3,(H,12,13)/t8?,10-,11+/m0/s1. The summed E-state index contributed by atoms with van der Waals surface area (Å²) in [5.74, 6) is 0.982. The number of hydrogen-bond acceptors (Lipinski definition) is 1. The Kier molecular flexibility index (Phi) is 2.09. The Morgan fingerprint density at radius 2 is 2.15 bits per heavy atom. The van der Waals surface area contributed by atoms with Crippen LogP contribution in [0.2, 0.25) is 0 Å². The number of hydrogen-bond donors (Lipinski definition) is 1. The van der Waals surface area contributed by atoms with Crippen molar-refractivity contribution in [2.45, 2.75) is 52.0 Å². The van der Waals surface area contributed by atoms with E-state index in [-0.39, 0.29) is 5.91 Å². The molecule has 2 rings (SSSR count). The van der Waals surface area contributed by atoms with E-state index in [1.54, 1.807) is 6.92 Å². The molecule has 0 saturated heterocycles. The molecular formula is C11H19NO. The van der Waals surface area contributed by atoms with Gasteiger partial charge < -0.3 is 5.32 Å². The summed E-state index contributed by atoms with van der Waals surface area (Å²) in [4.78, 5) is 11.0. The Hall–Kier alpha value is -0.530. The van der Waals surface area contributed by atoms with Crippen molar-refractivity contribution in [3.8, 4) is 0 Å². The lowest BCUT2D eigenvalue weighted by atomic mass is 9.80. The van der Waals surface area contributed by atoms with Gasteiger partial charge in [0, 0.05) is 13.0 Å². The molecule has 0 aromatic carbocycles. The number of carbonyl (C=O) groups is 1. The van der Waals surface area contributed by atoms with E-state index in [0.717, 1.165) is 5.92 Å². The van der Waals surface area contributed by atoms with E-state index in [4.69, 9.17) is 0 Å². The summed E-state index contributed by atoms with van der Waals surface area (Å²) in [5.41, 5.74) is 0.504. The number of rotatable bonds is 1. The van der Waals surface area contributed by atoms with E-state index in [1.165, 1.54) is 32.1 Å². The second-order valence-corrected chi connectivity index (χ2v) is 4.84. The topological polar surface area (TPSA) is 29.1 Å². The van der Waals surface area contributed by atoms with Crippen molar-refractivity contribution in [1.82, 2.24) is 5.32 Å². The van der Waals surface area contributed by atoms with Crippen LogP contribution in [0.3, 0.4) is 0 Å². The van der Waals surface area contributed by atoms with Crippen LogP contribution in [0.1, 0.15) is 46.0 Å². The first-order valence-electron chi connectivity index (χ1n) is 5.42. The van der Waals surface area contributed by atoms with E-state index in [0.29, 0.717) is 11.5 Å². The lowest BCUT2D eigenvalue weighted by Crippen LogP contribution is -2.43. The summed E-state index contributed by atoms with van der Waals surface area (Å²) in [5, 5.41) is 3.13. The van der Waals surface area contributed by atoms with Gasteiger partial charge in [-0.15, -0.1) is 0 Å². The molecule has 0 radical (unpaired) electrons. The summed E-state index contributed by atoms with van der Waals surface area (Å²) in [6.45, 7) is 3.95. The van der Waals surface area contributed by atoms with Crippen LogP contribution in [-0.4, -0.2) is 11.9 Å². The SMILES string of the molecule is CC(=O)N[C@H]1CCCC[C@]12CC2C. The van der Waals surface area contributed by atoms with Crippen LogP contribution in [0.5, 0.6) is 0 Å². The van der Waals surface area contributed by atoms with Crippen LogP contribution in [0.15, 0.2) is 0 Å². The van der Waals surface area contributed by atoms with Gasteiger partial charge in [0.1, 0.15) is 0 Å². The zero-order valence-corrected chi connectivity index (χ0v) is 8.60. The fourth-order valence-electron chi connectivity index (χ4n) is 3.07. The molecule has 1 N–H and O–H groups in total. The van der Waals surface area contributed by atoms with Gasteiger partial charge in [0.2, 0.25) is 5.91 Å². The summed E-state index contributed by atoms with van der Waals surface area (Å²) in [6.07, 6.45) is 6.51. The Morgan fingerprint density at radius 1 is 1.46 bits per heavy atom. The maximum atomic E-state index is 11.0. The van der Waals surface area contributed by atoms with E-state index < -0.39 is 0 Å². The third kappa shape index (κ3) is 1.47. The Labute approximate surface area is 80.1 Å². The highest BCUT2D eigenvalue weighted by Gasteiger charge is 2.56. The summed E-state index contributed by atoms with van der Waals surface area (Å²) in [6, 6.07) is 0.480. The average molecular weight is 181 g/mol. The minimum absolute atomic E-state index is 0.144. The highest BCUT2D eigenvalue weighted by molar-refractivity contribution is 5.73. The number of nitrogens with one attached hydrogen (secondary N) is 1. The lowest BCUT2D eigenvalue weighted by Gasteiger charge is -2.33. The zero-order valence-electron chi connectivity index (χ0n) is 8.60. The quantitative estimate of drug-likeness (QED) is 0.659. The van der Waals surface area contributed by atoms with Gasteiger partial charge in [-0.2, -0.15) is 0 Å². The molecule has 2 fully saturated rings. The molecule has 13 heavy (non-hydrogen) atoms. The first-order chi connectivity index (χ1) is 6.15. The molecule has 0 heterocycles. The van der Waals surface area contributed by atoms with Crippen LogP contribution >= 0.6 is 0 Å². The highest BCUT2D eigenvalue weighted by Crippen LogP contribution is 2.60. The van der Waals surface area contributed by atoms with Gasteiger partial charge >= 0.3 is 0 Å². The third-order valence-corrected chi connectivity index (χ3v) is 3.96. The first kappa shape index (κ1) is 9.04. The maximum absolute atomic E-state index is 11.0. The Balaban J connectivity index is 2.02. The molecule has 2 saturated carbocycles. The van der Waals surface area contributed by atoms with Gasteiger partial charge in [-0.3, -0.25) is 4.79 Å². The Morgan fingerprint density at radius 3 is 2.69 bits per heavy atom. The first-order valence-corrected chi connectivity index (χ1v) is 5.42. The van der Waals surface area contributed by atoms with Crippen LogP contribution in [0, 0.1) is 11.3 Å². The molecule has 1 amide bonds. The lowest BCUT2D eigenvalue weighted by molar-refractivity contribution is -0.120. The van der Waals surface area contributed by atoms with Crippen molar-refractivity contribution in [1.29, 1.82) is 0 Å². The largest absolute Gasteiger partial charge is 0.353 e. The average Bonchev–Trinajstić information content (AvgIpc) is 2.67. The number of amides is 1. The smallest absolute Gasteiger partial charge is 0.217 e. The molecule has 2 nitrogen and oxygen atoms in total. The summed E-state index contributed by atoms with van der Waals surface area (Å²) >= 11 is 0. The summed E-state index contributed by atoms with van der Waals surface area (Å²) in [7, 11) is 0. The minimum Gasteiger partial charge on any atom is -0.353 e. The minimum atomic E-state index is 0.144. The molecule has 2 heteroatoms. The molecule has 1 unspecified atom stereocenters. The second-order valence-electron chi connectivity index (χ2n) is 4.84. The maximum Gasteiger partial charge on any atom is 0.217 e. The molecule has 2 aliphatic carbocycles. The fourth-order valence-corrected chi connectivity index (χ4v) is 3.07. The molecule has 1 spiro atoms. The van der Waals surface area contributed by atoms with Crippen LogP contribution in [0.4, 0.5) is 0 Å². The molecule has 3 atom stereocenters. The zero-order chi connectivity index (χ0) is 9.47. The van der Waals surface area contributed by atoms with Gasteiger partial charge in [-0.1, -0.05) is 19.8 Å². The molecule has 0 aromatic heterocycles. The monoisotopic (exact) mass is 181 g/mol. The second kappa shape index (κ2) is 3.00. The highest BCUT2D eigenvalue weighted by atomic mass is 16.1.